The van der Waals surface area contributed by atoms with Crippen LogP contribution in [-0.2, 0) is 6.54 Å². The van der Waals surface area contributed by atoms with Gasteiger partial charge in [-0.05, 0) is 60.9 Å². The Labute approximate surface area is 187 Å². The Morgan fingerprint density at radius 1 is 0.903 bits per heavy atom. The zero-order chi connectivity index (χ0) is 21.5. The fraction of sp³-hybridized carbons (Fsp3) is 0.192. The number of halogens is 1. The van der Waals surface area contributed by atoms with Gasteiger partial charge in [0.2, 0.25) is 0 Å². The quantitative estimate of drug-likeness (QED) is 0.275. The fourth-order valence-electron chi connectivity index (χ4n) is 3.46. The molecule has 3 aromatic carbocycles. The van der Waals surface area contributed by atoms with Gasteiger partial charge in [-0.25, -0.2) is 4.98 Å². The molecule has 4 nitrogen and oxygen atoms in total. The fourth-order valence-corrected chi connectivity index (χ4v) is 3.65. The number of methoxy groups -OCH3 is 1. The highest BCUT2D eigenvalue weighted by Crippen LogP contribution is 2.24. The molecule has 0 unspecified atom stereocenters. The van der Waals surface area contributed by atoms with Crippen molar-refractivity contribution in [2.24, 2.45) is 0 Å². The van der Waals surface area contributed by atoms with Gasteiger partial charge in [-0.3, -0.25) is 0 Å². The predicted molar refractivity (Wildman–Crippen MR) is 128 cm³/mol. The zero-order valence-electron chi connectivity index (χ0n) is 17.5. The number of aromatic nitrogens is 2. The van der Waals surface area contributed by atoms with E-state index in [0.717, 1.165) is 53.3 Å². The van der Waals surface area contributed by atoms with Gasteiger partial charge in [0.25, 0.3) is 0 Å². The van der Waals surface area contributed by atoms with Crippen LogP contribution in [0.2, 0.25) is 5.02 Å². The molecule has 0 saturated carbocycles. The smallest absolute Gasteiger partial charge is 0.137 e. The highest BCUT2D eigenvalue weighted by molar-refractivity contribution is 6.32. The summed E-state index contributed by atoms with van der Waals surface area (Å²) >= 11 is 6.15. The molecule has 0 saturated heterocycles. The van der Waals surface area contributed by atoms with E-state index in [0.29, 0.717) is 11.6 Å². The number of hydrogen-bond acceptors (Lipinski definition) is 3. The van der Waals surface area contributed by atoms with Crippen LogP contribution in [0.1, 0.15) is 24.2 Å². The molecule has 1 heterocycles. The summed E-state index contributed by atoms with van der Waals surface area (Å²) in [6.45, 7) is 1.50. The van der Waals surface area contributed by atoms with Crippen LogP contribution in [0.4, 0.5) is 0 Å². The van der Waals surface area contributed by atoms with Crippen molar-refractivity contribution in [2.45, 2.75) is 19.4 Å². The minimum absolute atomic E-state index is 0.632. The van der Waals surface area contributed by atoms with E-state index in [1.54, 1.807) is 7.11 Å². The van der Waals surface area contributed by atoms with Gasteiger partial charge in [-0.15, -0.1) is 0 Å². The number of imidazole rings is 1. The maximum atomic E-state index is 6.15. The molecule has 0 aliphatic carbocycles. The molecule has 0 N–H and O–H groups in total. The maximum Gasteiger partial charge on any atom is 0.137 e. The molecular formula is C26H25ClN2O2. The molecule has 4 aromatic rings. The molecule has 1 aromatic heterocycles. The largest absolute Gasteiger partial charge is 0.497 e. The normalized spacial score (nSPS) is 11.3. The van der Waals surface area contributed by atoms with Crippen molar-refractivity contribution < 1.29 is 9.47 Å². The summed E-state index contributed by atoms with van der Waals surface area (Å²) < 4.78 is 13.3. The van der Waals surface area contributed by atoms with Gasteiger partial charge in [0.15, 0.2) is 0 Å². The third kappa shape index (κ3) is 5.28. The Balaban J connectivity index is 1.43. The van der Waals surface area contributed by atoms with Crippen LogP contribution in [0.3, 0.4) is 0 Å². The molecule has 0 aliphatic rings. The van der Waals surface area contributed by atoms with E-state index in [9.17, 15) is 0 Å². The monoisotopic (exact) mass is 432 g/mol. The minimum atomic E-state index is 0.632. The van der Waals surface area contributed by atoms with Gasteiger partial charge in [-0.2, -0.15) is 0 Å². The van der Waals surface area contributed by atoms with Crippen molar-refractivity contribution in [1.29, 1.82) is 0 Å². The van der Waals surface area contributed by atoms with E-state index in [-0.39, 0.29) is 0 Å². The standard InChI is InChI=1S/C26H25ClN2O2/c1-30-21-15-12-20(13-16-21)14-17-26-28-23-9-3-4-10-24(23)29(26)18-6-7-19-31-25-11-5-2-8-22(25)27/h2-5,8-17H,6-7,18-19H2,1H3/b17-14+. The topological polar surface area (TPSA) is 36.3 Å². The highest BCUT2D eigenvalue weighted by Gasteiger charge is 2.08. The highest BCUT2D eigenvalue weighted by atomic mass is 35.5. The van der Waals surface area contributed by atoms with E-state index in [1.807, 2.05) is 54.6 Å². The number of nitrogens with zero attached hydrogens (tertiary/aromatic N) is 2. The first-order valence-corrected chi connectivity index (χ1v) is 10.8. The Bertz CT molecular complexity index is 1170. The van der Waals surface area contributed by atoms with Gasteiger partial charge < -0.3 is 14.0 Å². The molecule has 0 amide bonds. The van der Waals surface area contributed by atoms with Crippen molar-refractivity contribution >= 4 is 34.8 Å². The van der Waals surface area contributed by atoms with Gasteiger partial charge in [0, 0.05) is 6.54 Å². The summed E-state index contributed by atoms with van der Waals surface area (Å²) in [7, 11) is 1.67. The van der Waals surface area contributed by atoms with Crippen molar-refractivity contribution in [3.05, 3.63) is 89.2 Å². The predicted octanol–water partition coefficient (Wildman–Crippen LogP) is 6.73. The SMILES string of the molecule is COc1ccc(/C=C/c2nc3ccccc3n2CCCCOc2ccccc2Cl)cc1. The zero-order valence-corrected chi connectivity index (χ0v) is 18.3. The molecule has 0 atom stereocenters. The number of benzene rings is 3. The van der Waals surface area contributed by atoms with Crippen molar-refractivity contribution in [3.63, 3.8) is 0 Å². The van der Waals surface area contributed by atoms with Crippen LogP contribution in [-0.4, -0.2) is 23.3 Å². The van der Waals surface area contributed by atoms with Gasteiger partial charge in [0.1, 0.15) is 17.3 Å². The number of fused-ring (bicyclic) bond motifs is 1. The Morgan fingerprint density at radius 3 is 2.48 bits per heavy atom. The van der Waals surface area contributed by atoms with E-state index in [2.05, 4.69) is 34.9 Å². The van der Waals surface area contributed by atoms with Crippen molar-refractivity contribution in [2.75, 3.05) is 13.7 Å². The number of rotatable bonds is 9. The molecule has 0 bridgehead atoms. The third-order valence-corrected chi connectivity index (χ3v) is 5.41. The Hall–Kier alpha value is -3.24. The first-order chi connectivity index (χ1) is 15.2. The van der Waals surface area contributed by atoms with Crippen LogP contribution < -0.4 is 9.47 Å². The summed E-state index contributed by atoms with van der Waals surface area (Å²) in [5.41, 5.74) is 3.25. The molecule has 158 valence electrons. The van der Waals surface area contributed by atoms with Gasteiger partial charge >= 0.3 is 0 Å². The van der Waals surface area contributed by atoms with E-state index in [1.165, 1.54) is 0 Å². The van der Waals surface area contributed by atoms with Gasteiger partial charge in [-0.1, -0.05) is 54.1 Å². The number of aryl methyl sites for hydroxylation is 1. The van der Waals surface area contributed by atoms with Crippen LogP contribution in [0.25, 0.3) is 23.2 Å². The summed E-state index contributed by atoms with van der Waals surface area (Å²) in [6.07, 6.45) is 6.06. The summed E-state index contributed by atoms with van der Waals surface area (Å²) in [4.78, 5) is 4.82. The summed E-state index contributed by atoms with van der Waals surface area (Å²) in [5, 5.41) is 0.647. The second kappa shape index (κ2) is 10.2. The molecule has 0 aliphatic heterocycles. The number of para-hydroxylation sites is 3. The molecule has 0 radical (unpaired) electrons. The number of ether oxygens (including phenoxy) is 2. The third-order valence-electron chi connectivity index (χ3n) is 5.10. The Morgan fingerprint density at radius 2 is 1.68 bits per heavy atom. The molecule has 5 heteroatoms. The van der Waals surface area contributed by atoms with Crippen LogP contribution >= 0.6 is 11.6 Å². The van der Waals surface area contributed by atoms with Crippen LogP contribution in [0.15, 0.2) is 72.8 Å². The second-order valence-corrected chi connectivity index (χ2v) is 7.61. The average molecular weight is 433 g/mol. The molecule has 0 spiro atoms. The van der Waals surface area contributed by atoms with Crippen LogP contribution in [0, 0.1) is 0 Å². The van der Waals surface area contributed by atoms with E-state index in [4.69, 9.17) is 26.1 Å². The lowest BCUT2D eigenvalue weighted by molar-refractivity contribution is 0.303. The minimum Gasteiger partial charge on any atom is -0.497 e. The molecular weight excluding hydrogens is 408 g/mol. The number of hydrogen-bond donors (Lipinski definition) is 0. The lowest BCUT2D eigenvalue weighted by Crippen LogP contribution is -2.04. The summed E-state index contributed by atoms with van der Waals surface area (Å²) in [6, 6.07) is 23.8. The first kappa shape index (κ1) is 21.0. The van der Waals surface area contributed by atoms with Crippen molar-refractivity contribution in [1.82, 2.24) is 9.55 Å². The van der Waals surface area contributed by atoms with Crippen molar-refractivity contribution in [3.8, 4) is 11.5 Å². The molecule has 4 rings (SSSR count). The Kier molecular flexibility index (Phi) is 6.90. The van der Waals surface area contributed by atoms with Crippen LogP contribution in [0.5, 0.6) is 11.5 Å². The maximum absolute atomic E-state index is 6.15. The molecule has 31 heavy (non-hydrogen) atoms. The lowest BCUT2D eigenvalue weighted by atomic mass is 10.2. The van der Waals surface area contributed by atoms with E-state index < -0.39 is 0 Å². The first-order valence-electron chi connectivity index (χ1n) is 10.4. The number of unbranched alkanes of at least 4 members (excludes halogenated alkanes) is 1. The van der Waals surface area contributed by atoms with E-state index >= 15 is 0 Å². The lowest BCUT2D eigenvalue weighted by Gasteiger charge is -2.09. The molecule has 0 fully saturated rings. The van der Waals surface area contributed by atoms with Gasteiger partial charge in [0.05, 0.1) is 29.8 Å². The summed E-state index contributed by atoms with van der Waals surface area (Å²) in [5.74, 6) is 2.53. The second-order valence-electron chi connectivity index (χ2n) is 7.20. The average Bonchev–Trinajstić information content (AvgIpc) is 3.16.